The molecule has 0 aliphatic carbocycles. The molecule has 90 valence electrons. The zero-order chi connectivity index (χ0) is 12.4. The number of para-hydroxylation sites is 1. The quantitative estimate of drug-likeness (QED) is 0.761. The summed E-state index contributed by atoms with van der Waals surface area (Å²) in [7, 11) is 1.40. The summed E-state index contributed by atoms with van der Waals surface area (Å²) in [6.07, 6.45) is 0.672. The number of hydrogen-bond donors (Lipinski definition) is 0. The molecule has 0 aliphatic heterocycles. The number of rotatable bonds is 3. The van der Waals surface area contributed by atoms with Crippen molar-refractivity contribution in [3.05, 3.63) is 35.6 Å². The third-order valence-electron chi connectivity index (χ3n) is 3.00. The molecule has 0 saturated carbocycles. The molecule has 1 atom stereocenters. The van der Waals surface area contributed by atoms with Crippen LogP contribution in [0.5, 0.6) is 0 Å². The second-order valence-corrected chi connectivity index (χ2v) is 4.13. The Morgan fingerprint density at radius 1 is 1.47 bits per heavy atom. The Morgan fingerprint density at radius 2 is 2.24 bits per heavy atom. The molecule has 0 spiro atoms. The average Bonchev–Trinajstić information content (AvgIpc) is 2.75. The van der Waals surface area contributed by atoms with Crippen molar-refractivity contribution in [3.63, 3.8) is 0 Å². The van der Waals surface area contributed by atoms with Crippen LogP contribution in [0, 0.1) is 6.92 Å². The maximum atomic E-state index is 11.6. The fourth-order valence-electron chi connectivity index (χ4n) is 2.03. The van der Waals surface area contributed by atoms with E-state index in [1.165, 1.54) is 7.11 Å². The summed E-state index contributed by atoms with van der Waals surface area (Å²) in [5, 5.41) is 1.03. The van der Waals surface area contributed by atoms with E-state index in [9.17, 15) is 4.79 Å². The largest absolute Gasteiger partial charge is 0.468 e. The minimum Gasteiger partial charge on any atom is -0.468 e. The number of methoxy groups -OCH3 is 1. The number of carbonyl (C=O) groups is 1. The summed E-state index contributed by atoms with van der Waals surface area (Å²) in [5.41, 5.74) is 1.93. The molecule has 1 unspecified atom stereocenters. The Hall–Kier alpha value is -1.77. The number of hydrogen-bond acceptors (Lipinski definition) is 3. The van der Waals surface area contributed by atoms with Crippen molar-refractivity contribution in [2.45, 2.75) is 26.2 Å². The van der Waals surface area contributed by atoms with Crippen LogP contribution in [0.3, 0.4) is 0 Å². The van der Waals surface area contributed by atoms with Crippen molar-refractivity contribution in [1.29, 1.82) is 0 Å². The molecule has 0 aliphatic rings. The Balaban J connectivity index is 2.48. The zero-order valence-corrected chi connectivity index (χ0v) is 10.3. The summed E-state index contributed by atoms with van der Waals surface area (Å²) in [6, 6.07) is 7.89. The van der Waals surface area contributed by atoms with Crippen LogP contribution >= 0.6 is 0 Å². The van der Waals surface area contributed by atoms with Gasteiger partial charge in [0.2, 0.25) is 0 Å². The van der Waals surface area contributed by atoms with E-state index < -0.39 is 0 Å². The number of carbonyl (C=O) groups excluding carboxylic acids is 1. The lowest BCUT2D eigenvalue weighted by Crippen LogP contribution is -2.12. The number of benzene rings is 1. The predicted molar refractivity (Wildman–Crippen MR) is 66.0 cm³/mol. The molecule has 1 aromatic heterocycles. The molecular weight excluding hydrogens is 216 g/mol. The first-order chi connectivity index (χ1) is 8.17. The Morgan fingerprint density at radius 3 is 2.82 bits per heavy atom. The topological polar surface area (TPSA) is 39.4 Å². The summed E-state index contributed by atoms with van der Waals surface area (Å²) in [6.45, 7) is 3.94. The fraction of sp³-hybridized carbons (Fsp3) is 0.357. The third kappa shape index (κ3) is 2.05. The number of aryl methyl sites for hydroxylation is 1. The smallest absolute Gasteiger partial charge is 0.316 e. The van der Waals surface area contributed by atoms with Crippen molar-refractivity contribution in [2.24, 2.45) is 0 Å². The van der Waals surface area contributed by atoms with Crippen molar-refractivity contribution in [2.75, 3.05) is 7.11 Å². The van der Waals surface area contributed by atoms with Gasteiger partial charge in [-0.05, 0) is 25.0 Å². The molecule has 0 fully saturated rings. The van der Waals surface area contributed by atoms with Gasteiger partial charge in [0.1, 0.15) is 17.3 Å². The summed E-state index contributed by atoms with van der Waals surface area (Å²) < 4.78 is 10.6. The van der Waals surface area contributed by atoms with Gasteiger partial charge >= 0.3 is 5.97 Å². The highest BCUT2D eigenvalue weighted by Gasteiger charge is 2.23. The van der Waals surface area contributed by atoms with Crippen molar-refractivity contribution in [1.82, 2.24) is 0 Å². The van der Waals surface area contributed by atoms with Crippen LogP contribution in [-0.2, 0) is 9.53 Å². The SMILES string of the molecule is CCC(C(=O)OC)c1cc2cccc(C)c2o1. The number of fused-ring (bicyclic) bond motifs is 1. The van der Waals surface area contributed by atoms with E-state index >= 15 is 0 Å². The van der Waals surface area contributed by atoms with Gasteiger partial charge in [0.05, 0.1) is 7.11 Å². The van der Waals surface area contributed by atoms with Gasteiger partial charge in [-0.2, -0.15) is 0 Å². The van der Waals surface area contributed by atoms with Crippen LogP contribution in [-0.4, -0.2) is 13.1 Å². The van der Waals surface area contributed by atoms with E-state index in [-0.39, 0.29) is 11.9 Å². The molecule has 0 N–H and O–H groups in total. The van der Waals surface area contributed by atoms with E-state index in [0.29, 0.717) is 12.2 Å². The normalized spacial score (nSPS) is 12.6. The Bertz CT molecular complexity index is 539. The molecule has 1 aromatic carbocycles. The lowest BCUT2D eigenvalue weighted by Gasteiger charge is -2.08. The van der Waals surface area contributed by atoms with Crippen LogP contribution in [0.25, 0.3) is 11.0 Å². The van der Waals surface area contributed by atoms with E-state index in [0.717, 1.165) is 16.5 Å². The Kier molecular flexibility index (Phi) is 3.18. The summed E-state index contributed by atoms with van der Waals surface area (Å²) in [5.74, 6) is 0.125. The summed E-state index contributed by atoms with van der Waals surface area (Å²) >= 11 is 0. The van der Waals surface area contributed by atoms with Gasteiger partial charge in [0, 0.05) is 5.39 Å². The molecule has 17 heavy (non-hydrogen) atoms. The lowest BCUT2D eigenvalue weighted by molar-refractivity contribution is -0.142. The van der Waals surface area contributed by atoms with Gasteiger partial charge in [-0.25, -0.2) is 0 Å². The minimum absolute atomic E-state index is 0.246. The zero-order valence-electron chi connectivity index (χ0n) is 10.3. The molecule has 1 heterocycles. The first kappa shape index (κ1) is 11.7. The number of esters is 1. The molecular formula is C14H16O3. The molecule has 0 radical (unpaired) electrons. The van der Waals surface area contributed by atoms with Crippen molar-refractivity contribution >= 4 is 16.9 Å². The van der Waals surface area contributed by atoms with Gasteiger partial charge in [-0.15, -0.1) is 0 Å². The molecule has 3 nitrogen and oxygen atoms in total. The van der Waals surface area contributed by atoms with Gasteiger partial charge in [0.15, 0.2) is 0 Å². The molecule has 3 heteroatoms. The maximum absolute atomic E-state index is 11.6. The predicted octanol–water partition coefficient (Wildman–Crippen LogP) is 3.41. The lowest BCUT2D eigenvalue weighted by atomic mass is 10.0. The third-order valence-corrected chi connectivity index (χ3v) is 3.00. The Labute approximate surface area is 100 Å². The standard InChI is InChI=1S/C14H16O3/c1-4-11(14(15)16-3)12-8-10-7-5-6-9(2)13(10)17-12/h5-8,11H,4H2,1-3H3. The van der Waals surface area contributed by atoms with E-state index in [4.69, 9.17) is 9.15 Å². The van der Waals surface area contributed by atoms with Crippen LogP contribution in [0.4, 0.5) is 0 Å². The monoisotopic (exact) mass is 232 g/mol. The highest BCUT2D eigenvalue weighted by Crippen LogP contribution is 2.29. The second-order valence-electron chi connectivity index (χ2n) is 4.13. The van der Waals surface area contributed by atoms with E-state index in [1.807, 2.05) is 38.1 Å². The molecule has 0 bridgehead atoms. The molecule has 0 saturated heterocycles. The van der Waals surface area contributed by atoms with Crippen LogP contribution in [0.2, 0.25) is 0 Å². The van der Waals surface area contributed by atoms with Crippen molar-refractivity contribution < 1.29 is 13.9 Å². The van der Waals surface area contributed by atoms with Gasteiger partial charge in [-0.3, -0.25) is 4.79 Å². The number of ether oxygens (including phenoxy) is 1. The first-order valence-electron chi connectivity index (χ1n) is 5.74. The van der Waals surface area contributed by atoms with Crippen LogP contribution in [0.15, 0.2) is 28.7 Å². The van der Waals surface area contributed by atoms with Gasteiger partial charge < -0.3 is 9.15 Å². The first-order valence-corrected chi connectivity index (χ1v) is 5.74. The minimum atomic E-state index is -0.313. The number of furan rings is 1. The highest BCUT2D eigenvalue weighted by molar-refractivity contribution is 5.84. The van der Waals surface area contributed by atoms with Gasteiger partial charge in [0.25, 0.3) is 0 Å². The summed E-state index contributed by atoms with van der Waals surface area (Å²) in [4.78, 5) is 11.6. The fourth-order valence-corrected chi connectivity index (χ4v) is 2.03. The van der Waals surface area contributed by atoms with Crippen molar-refractivity contribution in [3.8, 4) is 0 Å². The second kappa shape index (κ2) is 4.62. The molecule has 2 rings (SSSR count). The highest BCUT2D eigenvalue weighted by atomic mass is 16.5. The van der Waals surface area contributed by atoms with E-state index in [1.54, 1.807) is 0 Å². The molecule has 0 amide bonds. The van der Waals surface area contributed by atoms with E-state index in [2.05, 4.69) is 0 Å². The molecule has 2 aromatic rings. The average molecular weight is 232 g/mol. The van der Waals surface area contributed by atoms with Crippen LogP contribution in [0.1, 0.15) is 30.6 Å². The van der Waals surface area contributed by atoms with Crippen LogP contribution < -0.4 is 0 Å². The van der Waals surface area contributed by atoms with Gasteiger partial charge in [-0.1, -0.05) is 25.1 Å². The maximum Gasteiger partial charge on any atom is 0.316 e.